The zero-order valence-electron chi connectivity index (χ0n) is 12.4. The molecule has 2 aromatic rings. The lowest BCUT2D eigenvalue weighted by Gasteiger charge is -2.08. The van der Waals surface area contributed by atoms with Crippen molar-refractivity contribution in [2.24, 2.45) is 0 Å². The average Bonchev–Trinajstić information content (AvgIpc) is 2.67. The Hall–Kier alpha value is -2.48. The molecule has 0 spiro atoms. The van der Waals surface area contributed by atoms with E-state index < -0.39 is 0 Å². The van der Waals surface area contributed by atoms with Gasteiger partial charge in [-0.2, -0.15) is 0 Å². The van der Waals surface area contributed by atoms with Crippen LogP contribution in [0.5, 0.6) is 0 Å². The average molecular weight is 276 g/mol. The number of ketones is 2. The maximum absolute atomic E-state index is 12.4. The van der Waals surface area contributed by atoms with E-state index in [1.54, 1.807) is 30.3 Å². The number of benzene rings is 2. The van der Waals surface area contributed by atoms with Crippen LogP contribution < -0.4 is 0 Å². The van der Waals surface area contributed by atoms with E-state index in [-0.39, 0.29) is 17.1 Å². The van der Waals surface area contributed by atoms with Gasteiger partial charge in [-0.3, -0.25) is 9.59 Å². The SMILES string of the molecule is Cc1cc(C)c(C=C2C(=O)c3ccccc3C2=O)c(C)c1. The Labute approximate surface area is 124 Å². The van der Waals surface area contributed by atoms with Crippen molar-refractivity contribution < 1.29 is 9.59 Å². The molecule has 1 aliphatic carbocycles. The highest BCUT2D eigenvalue weighted by Crippen LogP contribution is 2.29. The van der Waals surface area contributed by atoms with E-state index in [4.69, 9.17) is 0 Å². The van der Waals surface area contributed by atoms with Gasteiger partial charge in [0.2, 0.25) is 0 Å². The van der Waals surface area contributed by atoms with Gasteiger partial charge in [0.1, 0.15) is 0 Å². The molecule has 0 saturated carbocycles. The van der Waals surface area contributed by atoms with Gasteiger partial charge in [0.25, 0.3) is 0 Å². The Kier molecular flexibility index (Phi) is 3.09. The van der Waals surface area contributed by atoms with E-state index in [9.17, 15) is 9.59 Å². The van der Waals surface area contributed by atoms with Crippen molar-refractivity contribution in [2.45, 2.75) is 20.8 Å². The van der Waals surface area contributed by atoms with Crippen molar-refractivity contribution in [2.75, 3.05) is 0 Å². The maximum Gasteiger partial charge on any atom is 0.197 e. The molecule has 0 aromatic heterocycles. The first-order chi connectivity index (χ1) is 9.99. The van der Waals surface area contributed by atoms with E-state index in [0.717, 1.165) is 16.7 Å². The van der Waals surface area contributed by atoms with Crippen LogP contribution in [-0.4, -0.2) is 11.6 Å². The molecule has 104 valence electrons. The number of Topliss-reactive ketones (excluding diaryl/α,β-unsaturated/α-hetero) is 2. The molecular weight excluding hydrogens is 260 g/mol. The summed E-state index contributed by atoms with van der Waals surface area (Å²) in [7, 11) is 0. The van der Waals surface area contributed by atoms with Gasteiger partial charge < -0.3 is 0 Å². The summed E-state index contributed by atoms with van der Waals surface area (Å²) in [5, 5.41) is 0. The van der Waals surface area contributed by atoms with Crippen LogP contribution in [0.25, 0.3) is 6.08 Å². The van der Waals surface area contributed by atoms with Crippen LogP contribution in [-0.2, 0) is 0 Å². The van der Waals surface area contributed by atoms with E-state index >= 15 is 0 Å². The third-order valence-corrected chi connectivity index (χ3v) is 3.93. The number of fused-ring (bicyclic) bond motifs is 1. The van der Waals surface area contributed by atoms with Crippen molar-refractivity contribution in [1.82, 2.24) is 0 Å². The van der Waals surface area contributed by atoms with E-state index in [0.29, 0.717) is 11.1 Å². The molecule has 0 heterocycles. The highest BCUT2D eigenvalue weighted by Gasteiger charge is 2.32. The summed E-state index contributed by atoms with van der Waals surface area (Å²) < 4.78 is 0. The number of rotatable bonds is 1. The van der Waals surface area contributed by atoms with Gasteiger partial charge >= 0.3 is 0 Å². The second-order valence-electron chi connectivity index (χ2n) is 5.57. The Morgan fingerprint density at radius 3 is 1.76 bits per heavy atom. The van der Waals surface area contributed by atoms with E-state index in [1.807, 2.05) is 20.8 Å². The molecule has 2 heteroatoms. The molecule has 0 radical (unpaired) electrons. The summed E-state index contributed by atoms with van der Waals surface area (Å²) in [6, 6.07) is 11.1. The molecule has 0 bridgehead atoms. The molecule has 0 atom stereocenters. The van der Waals surface area contributed by atoms with Gasteiger partial charge in [-0.15, -0.1) is 0 Å². The minimum atomic E-state index is -0.171. The molecule has 21 heavy (non-hydrogen) atoms. The Morgan fingerprint density at radius 1 is 0.810 bits per heavy atom. The number of hydrogen-bond donors (Lipinski definition) is 0. The quantitative estimate of drug-likeness (QED) is 0.581. The summed E-state index contributed by atoms with van der Waals surface area (Å²) in [5.41, 5.74) is 5.59. The summed E-state index contributed by atoms with van der Waals surface area (Å²) in [6.45, 7) is 6.05. The first-order valence-corrected chi connectivity index (χ1v) is 6.97. The molecule has 0 amide bonds. The smallest absolute Gasteiger partial charge is 0.197 e. The van der Waals surface area contributed by atoms with Crippen molar-refractivity contribution in [3.05, 3.63) is 75.4 Å². The molecule has 2 nitrogen and oxygen atoms in total. The van der Waals surface area contributed by atoms with Crippen LogP contribution in [0.1, 0.15) is 43.0 Å². The van der Waals surface area contributed by atoms with Gasteiger partial charge in [-0.25, -0.2) is 0 Å². The fourth-order valence-electron chi connectivity index (χ4n) is 2.97. The summed E-state index contributed by atoms with van der Waals surface area (Å²) in [5.74, 6) is -0.343. The maximum atomic E-state index is 12.4. The molecule has 0 N–H and O–H groups in total. The molecule has 0 saturated heterocycles. The second kappa shape index (κ2) is 4.81. The lowest BCUT2D eigenvalue weighted by Crippen LogP contribution is -2.01. The van der Waals surface area contributed by atoms with Gasteiger partial charge in [0.05, 0.1) is 5.57 Å². The molecule has 1 aliphatic rings. The molecular formula is C19H16O2. The van der Waals surface area contributed by atoms with E-state index in [2.05, 4.69) is 12.1 Å². The van der Waals surface area contributed by atoms with Crippen molar-refractivity contribution in [1.29, 1.82) is 0 Å². The predicted octanol–water partition coefficient (Wildman–Crippen LogP) is 4.07. The third kappa shape index (κ3) is 2.13. The minimum absolute atomic E-state index is 0.171. The summed E-state index contributed by atoms with van der Waals surface area (Å²) in [4.78, 5) is 24.8. The number of carbonyl (C=O) groups excluding carboxylic acids is 2. The molecule has 3 rings (SSSR count). The van der Waals surface area contributed by atoms with Gasteiger partial charge in [-0.1, -0.05) is 42.0 Å². The molecule has 0 fully saturated rings. The van der Waals surface area contributed by atoms with Crippen LogP contribution in [0.3, 0.4) is 0 Å². The monoisotopic (exact) mass is 276 g/mol. The van der Waals surface area contributed by atoms with Gasteiger partial charge in [-0.05, 0) is 43.5 Å². The lowest BCUT2D eigenvalue weighted by atomic mass is 9.96. The first-order valence-electron chi connectivity index (χ1n) is 6.97. The zero-order valence-corrected chi connectivity index (χ0v) is 12.4. The van der Waals surface area contributed by atoms with Crippen LogP contribution in [0.2, 0.25) is 0 Å². The number of allylic oxidation sites excluding steroid dienone is 1. The molecule has 0 unspecified atom stereocenters. The van der Waals surface area contributed by atoms with Crippen LogP contribution in [0.4, 0.5) is 0 Å². The highest BCUT2D eigenvalue weighted by molar-refractivity contribution is 6.41. The second-order valence-corrected chi connectivity index (χ2v) is 5.57. The van der Waals surface area contributed by atoms with Crippen LogP contribution in [0.15, 0.2) is 42.0 Å². The lowest BCUT2D eigenvalue weighted by molar-refractivity contribution is 0.0990. The van der Waals surface area contributed by atoms with Crippen molar-refractivity contribution in [3.63, 3.8) is 0 Å². The topological polar surface area (TPSA) is 34.1 Å². The van der Waals surface area contributed by atoms with Crippen molar-refractivity contribution >= 4 is 17.6 Å². The zero-order chi connectivity index (χ0) is 15.1. The Morgan fingerprint density at radius 2 is 1.29 bits per heavy atom. The first kappa shape index (κ1) is 13.5. The van der Waals surface area contributed by atoms with E-state index in [1.165, 1.54) is 5.56 Å². The Balaban J connectivity index is 2.15. The predicted molar refractivity (Wildman–Crippen MR) is 83.7 cm³/mol. The Bertz CT molecular complexity index is 750. The number of aryl methyl sites for hydroxylation is 3. The van der Waals surface area contributed by atoms with Crippen molar-refractivity contribution in [3.8, 4) is 0 Å². The fourth-order valence-corrected chi connectivity index (χ4v) is 2.97. The van der Waals surface area contributed by atoms with Crippen LogP contribution in [0, 0.1) is 20.8 Å². The third-order valence-electron chi connectivity index (χ3n) is 3.93. The van der Waals surface area contributed by atoms with Gasteiger partial charge in [0, 0.05) is 11.1 Å². The van der Waals surface area contributed by atoms with Gasteiger partial charge in [0.15, 0.2) is 11.6 Å². The minimum Gasteiger partial charge on any atom is -0.288 e. The summed E-state index contributed by atoms with van der Waals surface area (Å²) >= 11 is 0. The largest absolute Gasteiger partial charge is 0.288 e. The molecule has 2 aromatic carbocycles. The molecule has 0 aliphatic heterocycles. The standard InChI is InChI=1S/C19H16O2/c1-11-8-12(2)16(13(3)9-11)10-17-18(20)14-6-4-5-7-15(14)19(17)21/h4-10H,1-3H3. The summed E-state index contributed by atoms with van der Waals surface area (Å²) in [6.07, 6.45) is 1.74. The highest BCUT2D eigenvalue weighted by atomic mass is 16.2. The number of hydrogen-bond acceptors (Lipinski definition) is 2. The normalized spacial score (nSPS) is 13.6. The fraction of sp³-hybridized carbons (Fsp3) is 0.158. The number of carbonyl (C=O) groups is 2. The van der Waals surface area contributed by atoms with Crippen LogP contribution >= 0.6 is 0 Å².